The third-order valence-electron chi connectivity index (χ3n) is 5.32. The van der Waals surface area contributed by atoms with Gasteiger partial charge in [-0.15, -0.1) is 0 Å². The maximum atomic E-state index is 12.8. The number of amides is 1. The number of rotatable bonds is 2. The summed E-state index contributed by atoms with van der Waals surface area (Å²) in [6.45, 7) is 14.2. The van der Waals surface area contributed by atoms with E-state index in [2.05, 4.69) is 11.5 Å². The van der Waals surface area contributed by atoms with Crippen LogP contribution in [-0.4, -0.2) is 39.2 Å². The Balaban J connectivity index is 2.26. The van der Waals surface area contributed by atoms with Gasteiger partial charge in [0.25, 0.3) is 5.91 Å². The summed E-state index contributed by atoms with van der Waals surface area (Å²) in [5.41, 5.74) is 1.95. The molecule has 21 heavy (non-hydrogen) atoms. The molecule has 1 saturated heterocycles. The molecule has 4 heteroatoms. The summed E-state index contributed by atoms with van der Waals surface area (Å²) in [5, 5.41) is 10.5. The summed E-state index contributed by atoms with van der Waals surface area (Å²) in [7, 11) is 0. The van der Waals surface area contributed by atoms with E-state index >= 15 is 0 Å². The van der Waals surface area contributed by atoms with E-state index in [1.54, 1.807) is 0 Å². The van der Waals surface area contributed by atoms with Gasteiger partial charge >= 0.3 is 0 Å². The molecular weight excluding hydrogens is 264 g/mol. The number of aromatic nitrogens is 1. The number of aliphatic hydroxyl groups is 1. The van der Waals surface area contributed by atoms with Crippen LogP contribution < -0.4 is 0 Å². The standard InChI is InChI=1S/C17H28N2O2/c1-7-19-12(2)10-14(13(19)3)15(20)18-9-8-17(6,21)16(4,5)11-18/h10,21H,7-9,11H2,1-6H3/t17-/m1/s1. The van der Waals surface area contributed by atoms with Gasteiger partial charge < -0.3 is 14.6 Å². The predicted molar refractivity (Wildman–Crippen MR) is 84.5 cm³/mol. The van der Waals surface area contributed by atoms with E-state index in [9.17, 15) is 9.90 Å². The van der Waals surface area contributed by atoms with Gasteiger partial charge in [0.05, 0.1) is 11.2 Å². The summed E-state index contributed by atoms with van der Waals surface area (Å²) in [4.78, 5) is 14.7. The number of aryl methyl sites for hydroxylation is 1. The third kappa shape index (κ3) is 2.61. The minimum Gasteiger partial charge on any atom is -0.389 e. The van der Waals surface area contributed by atoms with Gasteiger partial charge in [-0.3, -0.25) is 4.79 Å². The molecule has 1 atom stereocenters. The number of carbonyl (C=O) groups is 1. The summed E-state index contributed by atoms with van der Waals surface area (Å²) < 4.78 is 2.17. The Morgan fingerprint density at radius 1 is 1.33 bits per heavy atom. The Morgan fingerprint density at radius 2 is 1.95 bits per heavy atom. The number of hydrogen-bond donors (Lipinski definition) is 1. The van der Waals surface area contributed by atoms with Gasteiger partial charge in [-0.2, -0.15) is 0 Å². The van der Waals surface area contributed by atoms with E-state index < -0.39 is 5.60 Å². The van der Waals surface area contributed by atoms with Crippen LogP contribution in [0.1, 0.15) is 55.9 Å². The fourth-order valence-electron chi connectivity index (χ4n) is 3.27. The molecular formula is C17H28N2O2. The van der Waals surface area contributed by atoms with Crippen LogP contribution in [0.3, 0.4) is 0 Å². The second-order valence-corrected chi connectivity index (χ2v) is 7.16. The molecule has 2 heterocycles. The van der Waals surface area contributed by atoms with Crippen LogP contribution in [0, 0.1) is 19.3 Å². The molecule has 0 aromatic carbocycles. The fraction of sp³-hybridized carbons (Fsp3) is 0.706. The van der Waals surface area contributed by atoms with Crippen molar-refractivity contribution in [3.8, 4) is 0 Å². The van der Waals surface area contributed by atoms with E-state index in [1.165, 1.54) is 0 Å². The molecule has 0 bridgehead atoms. The lowest BCUT2D eigenvalue weighted by atomic mass is 9.71. The van der Waals surface area contributed by atoms with Crippen LogP contribution >= 0.6 is 0 Å². The van der Waals surface area contributed by atoms with Crippen molar-refractivity contribution in [3.05, 3.63) is 23.0 Å². The molecule has 1 aliphatic heterocycles. The highest BCUT2D eigenvalue weighted by atomic mass is 16.3. The fourth-order valence-corrected chi connectivity index (χ4v) is 3.27. The van der Waals surface area contributed by atoms with Crippen LogP contribution in [0.5, 0.6) is 0 Å². The molecule has 1 aromatic rings. The molecule has 0 unspecified atom stereocenters. The Kier molecular flexibility index (Phi) is 3.96. The van der Waals surface area contributed by atoms with Crippen molar-refractivity contribution >= 4 is 5.91 Å². The second kappa shape index (κ2) is 5.16. The molecule has 0 radical (unpaired) electrons. The van der Waals surface area contributed by atoms with Crippen LogP contribution in [0.4, 0.5) is 0 Å². The Hall–Kier alpha value is -1.29. The lowest BCUT2D eigenvalue weighted by molar-refractivity contribution is -0.0971. The zero-order chi connectivity index (χ0) is 16.0. The Morgan fingerprint density at radius 3 is 2.43 bits per heavy atom. The first-order chi connectivity index (χ1) is 9.60. The highest BCUT2D eigenvalue weighted by molar-refractivity contribution is 5.95. The molecule has 4 nitrogen and oxygen atoms in total. The summed E-state index contributed by atoms with van der Waals surface area (Å²) in [6.07, 6.45) is 0.623. The minimum atomic E-state index is -0.718. The third-order valence-corrected chi connectivity index (χ3v) is 5.32. The first kappa shape index (κ1) is 16.1. The topological polar surface area (TPSA) is 45.5 Å². The molecule has 0 aliphatic carbocycles. The van der Waals surface area contributed by atoms with Gasteiger partial charge in [0.1, 0.15) is 0 Å². The highest BCUT2D eigenvalue weighted by Gasteiger charge is 2.45. The van der Waals surface area contributed by atoms with Crippen LogP contribution in [0.2, 0.25) is 0 Å². The molecule has 118 valence electrons. The number of carbonyl (C=O) groups excluding carboxylic acids is 1. The van der Waals surface area contributed by atoms with E-state index in [1.807, 2.05) is 45.6 Å². The molecule has 0 spiro atoms. The molecule has 0 saturated carbocycles. The molecule has 1 N–H and O–H groups in total. The molecule has 1 aromatic heterocycles. The van der Waals surface area contributed by atoms with Crippen molar-refractivity contribution < 1.29 is 9.90 Å². The van der Waals surface area contributed by atoms with Crippen molar-refractivity contribution in [1.29, 1.82) is 0 Å². The largest absolute Gasteiger partial charge is 0.389 e. The van der Waals surface area contributed by atoms with E-state index in [0.29, 0.717) is 19.5 Å². The van der Waals surface area contributed by atoms with Crippen molar-refractivity contribution in [3.63, 3.8) is 0 Å². The Bertz CT molecular complexity index is 555. The van der Waals surface area contributed by atoms with Crippen LogP contribution in [-0.2, 0) is 6.54 Å². The number of nitrogens with zero attached hydrogens (tertiary/aromatic N) is 2. The number of likely N-dealkylation sites (tertiary alicyclic amines) is 1. The predicted octanol–water partition coefficient (Wildman–Crippen LogP) is 2.75. The average molecular weight is 292 g/mol. The smallest absolute Gasteiger partial charge is 0.255 e. The zero-order valence-electron chi connectivity index (χ0n) is 14.2. The van der Waals surface area contributed by atoms with Gasteiger partial charge in [-0.05, 0) is 40.2 Å². The van der Waals surface area contributed by atoms with Crippen LogP contribution in [0.25, 0.3) is 0 Å². The second-order valence-electron chi connectivity index (χ2n) is 7.16. The number of hydrogen-bond acceptors (Lipinski definition) is 2. The first-order valence-electron chi connectivity index (χ1n) is 7.79. The minimum absolute atomic E-state index is 0.0892. The lowest BCUT2D eigenvalue weighted by Crippen LogP contribution is -2.57. The zero-order valence-corrected chi connectivity index (χ0v) is 14.2. The highest BCUT2D eigenvalue weighted by Crippen LogP contribution is 2.38. The van der Waals surface area contributed by atoms with Gasteiger partial charge in [0, 0.05) is 36.4 Å². The van der Waals surface area contributed by atoms with Crippen LogP contribution in [0.15, 0.2) is 6.07 Å². The maximum Gasteiger partial charge on any atom is 0.255 e. The van der Waals surface area contributed by atoms with Gasteiger partial charge in [-0.1, -0.05) is 13.8 Å². The molecule has 1 fully saturated rings. The van der Waals surface area contributed by atoms with Crippen molar-refractivity contribution in [2.45, 2.75) is 60.1 Å². The molecule has 1 amide bonds. The van der Waals surface area contributed by atoms with Crippen molar-refractivity contribution in [2.24, 2.45) is 5.41 Å². The first-order valence-corrected chi connectivity index (χ1v) is 7.79. The van der Waals surface area contributed by atoms with E-state index in [-0.39, 0.29) is 11.3 Å². The number of piperidine rings is 1. The molecule has 1 aliphatic rings. The van der Waals surface area contributed by atoms with Gasteiger partial charge in [0.2, 0.25) is 0 Å². The summed E-state index contributed by atoms with van der Waals surface area (Å²) in [6, 6.07) is 1.99. The lowest BCUT2D eigenvalue weighted by Gasteiger charge is -2.48. The van der Waals surface area contributed by atoms with Gasteiger partial charge in [-0.25, -0.2) is 0 Å². The average Bonchev–Trinajstić information content (AvgIpc) is 2.67. The summed E-state index contributed by atoms with van der Waals surface area (Å²) in [5.74, 6) is 0.0892. The van der Waals surface area contributed by atoms with Gasteiger partial charge in [0.15, 0.2) is 0 Å². The summed E-state index contributed by atoms with van der Waals surface area (Å²) >= 11 is 0. The van der Waals surface area contributed by atoms with E-state index in [0.717, 1.165) is 23.5 Å². The normalized spacial score (nSPS) is 25.2. The van der Waals surface area contributed by atoms with Crippen molar-refractivity contribution in [2.75, 3.05) is 13.1 Å². The SMILES string of the molecule is CCn1c(C)cc(C(=O)N2CC[C@@](C)(O)C(C)(C)C2)c1C. The molecule has 2 rings (SSSR count). The quantitative estimate of drug-likeness (QED) is 0.911. The van der Waals surface area contributed by atoms with Crippen molar-refractivity contribution in [1.82, 2.24) is 9.47 Å². The van der Waals surface area contributed by atoms with E-state index in [4.69, 9.17) is 0 Å². The Labute approximate surface area is 127 Å². The monoisotopic (exact) mass is 292 g/mol. The maximum absolute atomic E-state index is 12.8.